The van der Waals surface area contributed by atoms with E-state index >= 15 is 0 Å². The fourth-order valence-corrected chi connectivity index (χ4v) is 3.88. The maximum absolute atomic E-state index is 12.5. The Morgan fingerprint density at radius 1 is 1.00 bits per heavy atom. The summed E-state index contributed by atoms with van der Waals surface area (Å²) in [6.07, 6.45) is 1.22. The molecule has 5 nitrogen and oxygen atoms in total. The number of para-hydroxylation sites is 1. The van der Waals surface area contributed by atoms with Crippen LogP contribution in [0.1, 0.15) is 12.0 Å². The first-order valence-electron chi connectivity index (χ1n) is 9.31. The molecule has 1 fully saturated rings. The summed E-state index contributed by atoms with van der Waals surface area (Å²) in [4.78, 5) is 28.7. The van der Waals surface area contributed by atoms with Crippen LogP contribution in [0.3, 0.4) is 0 Å². The number of nitrogens with zero attached hydrogens (tertiary/aromatic N) is 2. The Morgan fingerprint density at radius 3 is 2.39 bits per heavy atom. The molecule has 1 heterocycles. The molecule has 0 saturated carbocycles. The zero-order chi connectivity index (χ0) is 19.9. The summed E-state index contributed by atoms with van der Waals surface area (Å²) in [6, 6.07) is 15.2. The Balaban J connectivity index is 1.41. The van der Waals surface area contributed by atoms with Gasteiger partial charge in [-0.3, -0.25) is 14.5 Å². The fraction of sp³-hybridized carbons (Fsp3) is 0.333. The van der Waals surface area contributed by atoms with Crippen molar-refractivity contribution in [3.05, 3.63) is 63.6 Å². The largest absolute Gasteiger partial charge is 0.340 e. The van der Waals surface area contributed by atoms with Gasteiger partial charge in [0.1, 0.15) is 0 Å². The Kier molecular flexibility index (Phi) is 7.48. The normalized spacial score (nSPS) is 14.7. The van der Waals surface area contributed by atoms with E-state index in [0.29, 0.717) is 49.9 Å². The second kappa shape index (κ2) is 10.0. The van der Waals surface area contributed by atoms with Crippen LogP contribution in [0.5, 0.6) is 0 Å². The maximum atomic E-state index is 12.5. The van der Waals surface area contributed by atoms with Crippen LogP contribution in [-0.2, 0) is 16.0 Å². The van der Waals surface area contributed by atoms with Crippen LogP contribution < -0.4 is 5.32 Å². The van der Waals surface area contributed by atoms with Gasteiger partial charge in [0.15, 0.2) is 0 Å². The van der Waals surface area contributed by atoms with Gasteiger partial charge in [-0.2, -0.15) is 0 Å². The van der Waals surface area contributed by atoms with Gasteiger partial charge in [-0.05, 0) is 30.2 Å². The van der Waals surface area contributed by atoms with Gasteiger partial charge in [-0.25, -0.2) is 0 Å². The Labute approximate surface area is 178 Å². The van der Waals surface area contributed by atoms with Gasteiger partial charge in [0.05, 0.1) is 17.3 Å². The summed E-state index contributed by atoms with van der Waals surface area (Å²) >= 11 is 9.60. The number of amides is 2. The number of hydrogen-bond donors (Lipinski definition) is 1. The molecule has 0 aromatic heterocycles. The number of anilines is 1. The van der Waals surface area contributed by atoms with Crippen LogP contribution in [0.25, 0.3) is 0 Å². The summed E-state index contributed by atoms with van der Waals surface area (Å²) in [5, 5.41) is 3.36. The molecule has 0 atom stereocenters. The lowest BCUT2D eigenvalue weighted by molar-refractivity contribution is -0.133. The number of hydrogen-bond acceptors (Lipinski definition) is 3. The lowest BCUT2D eigenvalue weighted by Gasteiger charge is -2.34. The highest BCUT2D eigenvalue weighted by molar-refractivity contribution is 9.10. The molecule has 28 heavy (non-hydrogen) atoms. The molecule has 2 amide bonds. The minimum atomic E-state index is -0.0956. The average Bonchev–Trinajstić information content (AvgIpc) is 2.69. The van der Waals surface area contributed by atoms with Crippen molar-refractivity contribution >= 4 is 45.0 Å². The molecule has 3 rings (SSSR count). The summed E-state index contributed by atoms with van der Waals surface area (Å²) in [6.45, 7) is 2.97. The Hall–Kier alpha value is -1.89. The minimum Gasteiger partial charge on any atom is -0.340 e. The molecular formula is C21H23BrClN3O2. The van der Waals surface area contributed by atoms with Crippen molar-refractivity contribution in [2.45, 2.75) is 12.8 Å². The minimum absolute atomic E-state index is 0.0956. The van der Waals surface area contributed by atoms with Crippen LogP contribution in [0, 0.1) is 0 Å². The van der Waals surface area contributed by atoms with Crippen molar-refractivity contribution in [1.82, 2.24) is 9.80 Å². The molecule has 2 aromatic rings. The molecule has 7 heteroatoms. The molecule has 1 aliphatic rings. The van der Waals surface area contributed by atoms with Gasteiger partial charge < -0.3 is 10.2 Å². The number of carbonyl (C=O) groups is 2. The highest BCUT2D eigenvalue weighted by Gasteiger charge is 2.22. The Morgan fingerprint density at radius 2 is 1.68 bits per heavy atom. The van der Waals surface area contributed by atoms with Gasteiger partial charge in [0, 0.05) is 37.1 Å². The quantitative estimate of drug-likeness (QED) is 0.707. The molecule has 1 aliphatic heterocycles. The molecule has 148 valence electrons. The average molecular weight is 465 g/mol. The number of benzene rings is 2. The molecule has 0 radical (unpaired) electrons. The van der Waals surface area contributed by atoms with Crippen LogP contribution in [0.15, 0.2) is 53.0 Å². The first-order chi connectivity index (χ1) is 13.5. The SMILES string of the molecule is O=C(CN1CCN(C(=O)CCc2ccccc2Br)CC1)Nc1ccccc1Cl. The number of halogens is 2. The van der Waals surface area contributed by atoms with Crippen LogP contribution >= 0.6 is 27.5 Å². The third-order valence-corrected chi connectivity index (χ3v) is 5.91. The van der Waals surface area contributed by atoms with Crippen LogP contribution in [-0.4, -0.2) is 54.3 Å². The highest BCUT2D eigenvalue weighted by atomic mass is 79.9. The topological polar surface area (TPSA) is 52.7 Å². The lowest BCUT2D eigenvalue weighted by atomic mass is 10.1. The monoisotopic (exact) mass is 463 g/mol. The number of rotatable bonds is 6. The maximum Gasteiger partial charge on any atom is 0.238 e. The molecule has 1 N–H and O–H groups in total. The summed E-state index contributed by atoms with van der Waals surface area (Å²) in [7, 11) is 0. The molecular weight excluding hydrogens is 442 g/mol. The van der Waals surface area contributed by atoms with Crippen LogP contribution in [0.2, 0.25) is 5.02 Å². The van der Waals surface area contributed by atoms with E-state index in [1.807, 2.05) is 41.3 Å². The van der Waals surface area contributed by atoms with Crippen molar-refractivity contribution in [3.63, 3.8) is 0 Å². The smallest absolute Gasteiger partial charge is 0.238 e. The van der Waals surface area contributed by atoms with Crippen molar-refractivity contribution in [2.24, 2.45) is 0 Å². The molecule has 0 unspecified atom stereocenters. The number of carbonyl (C=O) groups excluding carboxylic acids is 2. The van der Waals surface area contributed by atoms with Gasteiger partial charge in [0.25, 0.3) is 0 Å². The summed E-state index contributed by atoms with van der Waals surface area (Å²) in [5.41, 5.74) is 1.76. The van der Waals surface area contributed by atoms with Gasteiger partial charge in [0.2, 0.25) is 11.8 Å². The van der Waals surface area contributed by atoms with E-state index in [4.69, 9.17) is 11.6 Å². The third kappa shape index (κ3) is 5.80. The summed E-state index contributed by atoms with van der Waals surface area (Å²) in [5.74, 6) is 0.0673. The predicted molar refractivity (Wildman–Crippen MR) is 116 cm³/mol. The van der Waals surface area contributed by atoms with E-state index in [0.717, 1.165) is 16.5 Å². The molecule has 0 bridgehead atoms. The zero-order valence-corrected chi connectivity index (χ0v) is 17.9. The van der Waals surface area contributed by atoms with Crippen molar-refractivity contribution in [2.75, 3.05) is 38.0 Å². The van der Waals surface area contributed by atoms with Crippen molar-refractivity contribution in [1.29, 1.82) is 0 Å². The standard InChI is InChI=1S/C21H23BrClN3O2/c22-17-6-2-1-5-16(17)9-10-21(28)26-13-11-25(12-14-26)15-20(27)24-19-8-4-3-7-18(19)23/h1-8H,9-15H2,(H,24,27). The molecule has 0 aliphatic carbocycles. The predicted octanol–water partition coefficient (Wildman–Crippen LogP) is 3.82. The van der Waals surface area contributed by atoms with E-state index < -0.39 is 0 Å². The zero-order valence-electron chi connectivity index (χ0n) is 15.5. The lowest BCUT2D eigenvalue weighted by Crippen LogP contribution is -2.50. The van der Waals surface area contributed by atoms with Gasteiger partial charge >= 0.3 is 0 Å². The molecule has 2 aromatic carbocycles. The molecule has 0 spiro atoms. The summed E-state index contributed by atoms with van der Waals surface area (Å²) < 4.78 is 1.04. The van der Waals surface area contributed by atoms with Gasteiger partial charge in [-0.1, -0.05) is 57.9 Å². The third-order valence-electron chi connectivity index (χ3n) is 4.81. The van der Waals surface area contributed by atoms with E-state index in [1.165, 1.54) is 0 Å². The molecule has 1 saturated heterocycles. The second-order valence-corrected chi connectivity index (χ2v) is 8.04. The highest BCUT2D eigenvalue weighted by Crippen LogP contribution is 2.20. The first-order valence-corrected chi connectivity index (χ1v) is 10.5. The van der Waals surface area contributed by atoms with E-state index in [1.54, 1.807) is 12.1 Å². The van der Waals surface area contributed by atoms with Gasteiger partial charge in [-0.15, -0.1) is 0 Å². The number of piperazine rings is 1. The van der Waals surface area contributed by atoms with E-state index in [9.17, 15) is 9.59 Å². The first kappa shape index (κ1) is 20.8. The Bertz CT molecular complexity index is 838. The van der Waals surface area contributed by atoms with Crippen molar-refractivity contribution in [3.8, 4) is 0 Å². The number of nitrogens with one attached hydrogen (secondary N) is 1. The van der Waals surface area contributed by atoms with E-state index in [2.05, 4.69) is 26.1 Å². The van der Waals surface area contributed by atoms with E-state index in [-0.39, 0.29) is 11.8 Å². The van der Waals surface area contributed by atoms with Crippen LogP contribution in [0.4, 0.5) is 5.69 Å². The van der Waals surface area contributed by atoms with Crippen molar-refractivity contribution < 1.29 is 9.59 Å². The number of aryl methyl sites for hydroxylation is 1. The second-order valence-electron chi connectivity index (χ2n) is 6.78. The fourth-order valence-electron chi connectivity index (χ4n) is 3.21.